The summed E-state index contributed by atoms with van der Waals surface area (Å²) in [4.78, 5) is 28.4. The van der Waals surface area contributed by atoms with Crippen molar-refractivity contribution in [2.45, 2.75) is 44.9 Å². The largest absolute Gasteiger partial charge is 0.465 e. The first-order valence-electron chi connectivity index (χ1n) is 8.79. The Hall–Kier alpha value is -2.20. The quantitative estimate of drug-likeness (QED) is 0.585. The molecule has 152 valence electrons. The molecule has 0 radical (unpaired) electrons. The maximum absolute atomic E-state index is 14.8. The first-order chi connectivity index (χ1) is 13.0. The van der Waals surface area contributed by atoms with E-state index >= 15 is 0 Å². The highest BCUT2D eigenvalue weighted by atomic mass is 32.2. The van der Waals surface area contributed by atoms with E-state index in [0.29, 0.717) is 5.75 Å². The average Bonchev–Trinajstić information content (AvgIpc) is 2.91. The van der Waals surface area contributed by atoms with Crippen LogP contribution in [0.2, 0.25) is 0 Å². The number of nitro benzene ring substituents is 1. The third kappa shape index (κ3) is 3.35. The number of hydrogen-bond acceptors (Lipinski definition) is 6. The van der Waals surface area contributed by atoms with Crippen LogP contribution in [0.4, 0.5) is 14.9 Å². The van der Waals surface area contributed by atoms with Crippen molar-refractivity contribution in [1.82, 2.24) is 4.90 Å². The Morgan fingerprint density at radius 1 is 1.50 bits per heavy atom. The van der Waals surface area contributed by atoms with Crippen LogP contribution in [0.1, 0.15) is 33.3 Å². The number of carboxylic acid groups (broad SMARTS) is 1. The summed E-state index contributed by atoms with van der Waals surface area (Å²) < 4.78 is 20.6. The first-order valence-corrected chi connectivity index (χ1v) is 9.78. The fourth-order valence-corrected chi connectivity index (χ4v) is 5.28. The summed E-state index contributed by atoms with van der Waals surface area (Å²) in [5.41, 5.74) is -2.16. The van der Waals surface area contributed by atoms with Crippen molar-refractivity contribution in [2.75, 3.05) is 12.4 Å². The number of non-ortho nitro benzene ring substituents is 1. The van der Waals surface area contributed by atoms with Gasteiger partial charge in [0, 0.05) is 34.9 Å². The van der Waals surface area contributed by atoms with Gasteiger partial charge >= 0.3 is 6.09 Å². The van der Waals surface area contributed by atoms with E-state index in [1.807, 2.05) is 6.92 Å². The molecule has 0 unspecified atom stereocenters. The van der Waals surface area contributed by atoms with Gasteiger partial charge in [0.05, 0.1) is 17.6 Å². The van der Waals surface area contributed by atoms with Gasteiger partial charge in [-0.05, 0) is 33.8 Å². The highest BCUT2D eigenvalue weighted by molar-refractivity contribution is 8.13. The van der Waals surface area contributed by atoms with Gasteiger partial charge in [-0.1, -0.05) is 11.8 Å². The summed E-state index contributed by atoms with van der Waals surface area (Å²) in [5.74, 6) is -0.406. The van der Waals surface area contributed by atoms with Crippen molar-refractivity contribution < 1.29 is 24.0 Å². The van der Waals surface area contributed by atoms with E-state index in [0.717, 1.165) is 17.0 Å². The summed E-state index contributed by atoms with van der Waals surface area (Å²) in [7, 11) is 0. The Morgan fingerprint density at radius 3 is 2.75 bits per heavy atom. The lowest BCUT2D eigenvalue weighted by Gasteiger charge is -2.41. The number of amides is 1. The van der Waals surface area contributed by atoms with Crippen LogP contribution >= 0.6 is 11.8 Å². The van der Waals surface area contributed by atoms with Crippen LogP contribution in [0.3, 0.4) is 0 Å². The van der Waals surface area contributed by atoms with Crippen LogP contribution in [0.5, 0.6) is 0 Å². The Labute approximate surface area is 165 Å². The van der Waals surface area contributed by atoms with Crippen molar-refractivity contribution in [1.29, 1.82) is 0 Å². The zero-order valence-corrected chi connectivity index (χ0v) is 16.8. The fraction of sp³-hybridized carbons (Fsp3) is 0.556. The number of nitro groups is 1. The molecular formula is C18H22FN3O5S. The van der Waals surface area contributed by atoms with Crippen LogP contribution in [-0.4, -0.2) is 50.2 Å². The highest BCUT2D eigenvalue weighted by Crippen LogP contribution is 2.49. The minimum atomic E-state index is -1.21. The number of ether oxygens (including phenoxy) is 1. The Morgan fingerprint density at radius 2 is 2.18 bits per heavy atom. The topological polar surface area (TPSA) is 105 Å². The van der Waals surface area contributed by atoms with Gasteiger partial charge in [-0.25, -0.2) is 14.2 Å². The van der Waals surface area contributed by atoms with E-state index in [4.69, 9.17) is 4.74 Å². The van der Waals surface area contributed by atoms with Crippen LogP contribution in [-0.2, 0) is 10.3 Å². The number of carbonyl (C=O) groups is 1. The minimum Gasteiger partial charge on any atom is -0.465 e. The van der Waals surface area contributed by atoms with E-state index in [2.05, 4.69) is 4.99 Å². The van der Waals surface area contributed by atoms with Crippen LogP contribution in [0.25, 0.3) is 0 Å². The van der Waals surface area contributed by atoms with Gasteiger partial charge in [-0.2, -0.15) is 0 Å². The molecule has 3 rings (SSSR count). The van der Waals surface area contributed by atoms with Gasteiger partial charge in [-0.3, -0.25) is 15.0 Å². The number of amidine groups is 1. The predicted octanol–water partition coefficient (Wildman–Crippen LogP) is 3.85. The lowest BCUT2D eigenvalue weighted by Crippen LogP contribution is -2.51. The summed E-state index contributed by atoms with van der Waals surface area (Å²) >= 11 is 1.28. The molecule has 0 aliphatic carbocycles. The molecule has 1 N–H and O–H groups in total. The average molecular weight is 411 g/mol. The van der Waals surface area contributed by atoms with Crippen LogP contribution < -0.4 is 0 Å². The van der Waals surface area contributed by atoms with Crippen LogP contribution in [0.15, 0.2) is 23.2 Å². The molecule has 2 heterocycles. The fourth-order valence-electron chi connectivity index (χ4n) is 3.69. The summed E-state index contributed by atoms with van der Waals surface area (Å²) in [6, 6.07) is 3.34. The molecule has 0 saturated carbocycles. The Bertz CT molecular complexity index is 856. The maximum Gasteiger partial charge on any atom is 0.413 e. The molecule has 1 aromatic rings. The predicted molar refractivity (Wildman–Crippen MR) is 103 cm³/mol. The molecule has 0 aromatic heterocycles. The van der Waals surface area contributed by atoms with Crippen molar-refractivity contribution in [3.8, 4) is 0 Å². The van der Waals surface area contributed by atoms with Gasteiger partial charge in [-0.15, -0.1) is 0 Å². The summed E-state index contributed by atoms with van der Waals surface area (Å²) in [6.45, 7) is 7.10. The van der Waals surface area contributed by atoms with E-state index < -0.39 is 27.9 Å². The van der Waals surface area contributed by atoms with E-state index in [9.17, 15) is 24.4 Å². The molecule has 3 atom stereocenters. The number of rotatable bonds is 2. The number of benzene rings is 1. The minimum absolute atomic E-state index is 0.0264. The normalized spacial score (nSPS) is 27.1. The molecule has 0 bridgehead atoms. The van der Waals surface area contributed by atoms with Crippen molar-refractivity contribution in [2.24, 2.45) is 10.9 Å². The van der Waals surface area contributed by atoms with Gasteiger partial charge < -0.3 is 9.84 Å². The molecule has 1 fully saturated rings. The van der Waals surface area contributed by atoms with Crippen molar-refractivity contribution in [3.63, 3.8) is 0 Å². The van der Waals surface area contributed by atoms with Crippen LogP contribution in [0, 0.1) is 21.8 Å². The third-order valence-electron chi connectivity index (χ3n) is 5.11. The van der Waals surface area contributed by atoms with Gasteiger partial charge in [0.25, 0.3) is 5.69 Å². The zero-order valence-electron chi connectivity index (χ0n) is 16.0. The molecule has 10 heteroatoms. The first kappa shape index (κ1) is 20.5. The lowest BCUT2D eigenvalue weighted by molar-refractivity contribution is -0.385. The number of aliphatic imine (C=N–C) groups is 1. The second-order valence-corrected chi connectivity index (χ2v) is 8.95. The SMILES string of the molecule is C[C@H]1OC[C@]2(c3cc([N+](=O)[O-])ccc3F)N=C(N(C(=O)O)C(C)(C)C)SC[C@H]12. The zero-order chi connectivity index (χ0) is 20.9. The molecule has 1 saturated heterocycles. The van der Waals surface area contributed by atoms with E-state index in [-0.39, 0.29) is 35.0 Å². The Kier molecular flexibility index (Phi) is 5.13. The van der Waals surface area contributed by atoms with E-state index in [1.165, 1.54) is 17.8 Å². The van der Waals surface area contributed by atoms with Crippen molar-refractivity contribution in [3.05, 3.63) is 39.7 Å². The standard InChI is InChI=1S/C18H22FN3O5S/c1-10-13-8-28-15(21(16(23)24)17(2,3)4)20-18(13,9-27-10)12-7-11(22(25)26)5-6-14(12)19/h5-7,10,13H,8-9H2,1-4H3,(H,23,24)/t10-,13-,18-/m1/s1. The smallest absolute Gasteiger partial charge is 0.413 e. The second kappa shape index (κ2) is 7.00. The maximum atomic E-state index is 14.8. The monoisotopic (exact) mass is 411 g/mol. The Balaban J connectivity index is 2.21. The highest BCUT2D eigenvalue weighted by Gasteiger charge is 2.54. The summed E-state index contributed by atoms with van der Waals surface area (Å²) in [5, 5.41) is 21.2. The van der Waals surface area contributed by atoms with Crippen molar-refractivity contribution >= 4 is 28.7 Å². The molecular weight excluding hydrogens is 389 g/mol. The molecule has 2 aliphatic rings. The van der Waals surface area contributed by atoms with E-state index in [1.54, 1.807) is 20.8 Å². The van der Waals surface area contributed by atoms with Gasteiger partial charge in [0.2, 0.25) is 0 Å². The lowest BCUT2D eigenvalue weighted by atomic mass is 9.79. The molecule has 0 spiro atoms. The second-order valence-electron chi connectivity index (χ2n) is 7.96. The van der Waals surface area contributed by atoms with Gasteiger partial charge in [0.1, 0.15) is 11.4 Å². The number of hydrogen-bond donors (Lipinski definition) is 1. The number of halogens is 1. The third-order valence-corrected chi connectivity index (χ3v) is 6.17. The number of thioether (sulfide) groups is 1. The van der Waals surface area contributed by atoms with Gasteiger partial charge in [0.15, 0.2) is 5.17 Å². The molecule has 1 aromatic carbocycles. The molecule has 2 aliphatic heterocycles. The number of fused-ring (bicyclic) bond motifs is 1. The molecule has 1 amide bonds. The summed E-state index contributed by atoms with van der Waals surface area (Å²) in [6.07, 6.45) is -1.41. The number of nitrogens with zero attached hydrogens (tertiary/aromatic N) is 3. The molecule has 8 nitrogen and oxygen atoms in total. The molecule has 28 heavy (non-hydrogen) atoms.